The number of thiophene rings is 1. The second-order valence-corrected chi connectivity index (χ2v) is 4.95. The van der Waals surface area contributed by atoms with Gasteiger partial charge in [-0.1, -0.05) is 0 Å². The number of rotatable bonds is 2. The predicted octanol–water partition coefficient (Wildman–Crippen LogP) is 3.99. The van der Waals surface area contributed by atoms with Crippen LogP contribution in [0.15, 0.2) is 18.2 Å². The molecule has 0 bridgehead atoms. The number of hydrogen-bond acceptors (Lipinski definition) is 2. The number of halogens is 4. The second-order valence-electron chi connectivity index (χ2n) is 3.83. The third kappa shape index (κ3) is 2.13. The minimum absolute atomic E-state index is 0.107. The quantitative estimate of drug-likeness (QED) is 0.651. The van der Waals surface area contributed by atoms with E-state index < -0.39 is 28.8 Å². The van der Waals surface area contributed by atoms with Crippen molar-refractivity contribution in [1.29, 1.82) is 0 Å². The van der Waals surface area contributed by atoms with E-state index in [1.165, 1.54) is 6.07 Å². The molecule has 0 radical (unpaired) electrons. The van der Waals surface area contributed by atoms with Crippen LogP contribution in [0.2, 0.25) is 0 Å². The van der Waals surface area contributed by atoms with Crippen LogP contribution in [0.5, 0.6) is 0 Å². The molecule has 96 valence electrons. The van der Waals surface area contributed by atoms with Crippen molar-refractivity contribution in [3.8, 4) is 10.4 Å². The average molecular weight is 275 g/mol. The molecule has 18 heavy (non-hydrogen) atoms. The summed E-state index contributed by atoms with van der Waals surface area (Å²) in [5, 5.41) is 0. The molecule has 1 heterocycles. The molecule has 0 saturated carbocycles. The van der Waals surface area contributed by atoms with E-state index in [0.717, 1.165) is 11.3 Å². The first-order chi connectivity index (χ1) is 8.41. The van der Waals surface area contributed by atoms with Crippen LogP contribution in [0.3, 0.4) is 0 Å². The molecule has 2 rings (SSSR count). The molecule has 0 amide bonds. The summed E-state index contributed by atoms with van der Waals surface area (Å²) in [5.74, 6) is -5.63. The zero-order valence-corrected chi connectivity index (χ0v) is 10.1. The average Bonchev–Trinajstić information content (AvgIpc) is 2.76. The van der Waals surface area contributed by atoms with Crippen molar-refractivity contribution in [2.45, 2.75) is 13.0 Å². The van der Waals surface area contributed by atoms with Crippen LogP contribution in [0, 0.1) is 23.3 Å². The van der Waals surface area contributed by atoms with E-state index in [-0.39, 0.29) is 17.0 Å². The summed E-state index contributed by atoms with van der Waals surface area (Å²) in [6.45, 7) is 1.70. The molecule has 1 nitrogen and oxygen atoms in total. The zero-order valence-electron chi connectivity index (χ0n) is 9.31. The van der Waals surface area contributed by atoms with Crippen LogP contribution in [0.1, 0.15) is 17.8 Å². The van der Waals surface area contributed by atoms with E-state index in [0.29, 0.717) is 4.88 Å². The molecule has 0 aliphatic heterocycles. The van der Waals surface area contributed by atoms with Crippen LogP contribution < -0.4 is 5.73 Å². The molecular formula is C12H9F4NS. The molecule has 1 aromatic carbocycles. The predicted molar refractivity (Wildman–Crippen MR) is 62.2 cm³/mol. The minimum atomic E-state index is -1.42. The van der Waals surface area contributed by atoms with Gasteiger partial charge in [0.15, 0.2) is 23.3 Å². The lowest BCUT2D eigenvalue weighted by molar-refractivity contribution is 0.458. The lowest BCUT2D eigenvalue weighted by Crippen LogP contribution is -2.01. The smallest absolute Gasteiger partial charge is 0.170 e. The Bertz CT molecular complexity index is 566. The van der Waals surface area contributed by atoms with Gasteiger partial charge in [-0.05, 0) is 19.1 Å². The monoisotopic (exact) mass is 275 g/mol. The zero-order chi connectivity index (χ0) is 13.4. The summed E-state index contributed by atoms with van der Waals surface area (Å²) >= 11 is 1.00. The van der Waals surface area contributed by atoms with Crippen molar-refractivity contribution in [3.63, 3.8) is 0 Å². The Balaban J connectivity index is 2.62. The first-order valence-corrected chi connectivity index (χ1v) is 5.92. The molecule has 0 saturated heterocycles. The molecular weight excluding hydrogens is 266 g/mol. The summed E-state index contributed by atoms with van der Waals surface area (Å²) in [6.07, 6.45) is 0. The van der Waals surface area contributed by atoms with Crippen molar-refractivity contribution in [2.75, 3.05) is 0 Å². The van der Waals surface area contributed by atoms with E-state index in [1.807, 2.05) is 0 Å². The fourth-order valence-corrected chi connectivity index (χ4v) is 2.51. The highest BCUT2D eigenvalue weighted by Gasteiger charge is 2.22. The number of benzene rings is 1. The second kappa shape index (κ2) is 4.70. The van der Waals surface area contributed by atoms with E-state index >= 15 is 0 Å². The van der Waals surface area contributed by atoms with Gasteiger partial charge in [0.05, 0.1) is 5.56 Å². The van der Waals surface area contributed by atoms with Gasteiger partial charge in [0.2, 0.25) is 0 Å². The van der Waals surface area contributed by atoms with Crippen LogP contribution in [0.25, 0.3) is 10.4 Å². The van der Waals surface area contributed by atoms with Crippen molar-refractivity contribution in [1.82, 2.24) is 0 Å². The molecule has 1 unspecified atom stereocenters. The maximum absolute atomic E-state index is 13.5. The first kappa shape index (κ1) is 13.0. The summed E-state index contributed by atoms with van der Waals surface area (Å²) < 4.78 is 53.2. The van der Waals surface area contributed by atoms with E-state index in [2.05, 4.69) is 0 Å². The van der Waals surface area contributed by atoms with Gasteiger partial charge in [0.1, 0.15) is 0 Å². The van der Waals surface area contributed by atoms with Gasteiger partial charge in [-0.25, -0.2) is 17.6 Å². The minimum Gasteiger partial charge on any atom is -0.324 e. The molecule has 6 heteroatoms. The van der Waals surface area contributed by atoms with Crippen molar-refractivity contribution >= 4 is 11.3 Å². The summed E-state index contributed by atoms with van der Waals surface area (Å²) in [5.41, 5.74) is 4.93. The third-order valence-corrected chi connectivity index (χ3v) is 3.74. The van der Waals surface area contributed by atoms with E-state index in [1.54, 1.807) is 13.0 Å². The summed E-state index contributed by atoms with van der Waals surface area (Å²) in [7, 11) is 0. The van der Waals surface area contributed by atoms with Crippen LogP contribution >= 0.6 is 11.3 Å². The fourth-order valence-electron chi connectivity index (χ4n) is 1.52. The highest BCUT2D eigenvalue weighted by Crippen LogP contribution is 2.35. The molecule has 0 aliphatic carbocycles. The normalized spacial score (nSPS) is 12.8. The van der Waals surface area contributed by atoms with Gasteiger partial charge >= 0.3 is 0 Å². The standard InChI is InChI=1S/C12H9F4NS/c1-5(17)8-2-3-9(18-8)10-11(15)6(13)4-7(14)12(10)16/h2-5H,17H2,1H3. The van der Waals surface area contributed by atoms with Crippen LogP contribution in [0.4, 0.5) is 17.6 Å². The Kier molecular flexibility index (Phi) is 3.41. The molecule has 1 aromatic heterocycles. The van der Waals surface area contributed by atoms with Crippen LogP contribution in [-0.4, -0.2) is 0 Å². The molecule has 2 N–H and O–H groups in total. The van der Waals surface area contributed by atoms with Crippen molar-refractivity contribution in [2.24, 2.45) is 5.73 Å². The Hall–Kier alpha value is -1.40. The van der Waals surface area contributed by atoms with Gasteiger partial charge in [-0.15, -0.1) is 11.3 Å². The third-order valence-electron chi connectivity index (χ3n) is 2.43. The summed E-state index contributed by atoms with van der Waals surface area (Å²) in [6, 6.07) is 2.85. The Labute approximate surface area is 105 Å². The van der Waals surface area contributed by atoms with E-state index in [9.17, 15) is 17.6 Å². The fraction of sp³-hybridized carbons (Fsp3) is 0.167. The highest BCUT2D eigenvalue weighted by molar-refractivity contribution is 7.15. The lowest BCUT2D eigenvalue weighted by Gasteiger charge is -2.05. The maximum atomic E-state index is 13.5. The van der Waals surface area contributed by atoms with Crippen molar-refractivity contribution in [3.05, 3.63) is 46.3 Å². The SMILES string of the molecule is CC(N)c1ccc(-c2c(F)c(F)cc(F)c2F)s1. The van der Waals surface area contributed by atoms with Gasteiger partial charge in [0, 0.05) is 21.9 Å². The highest BCUT2D eigenvalue weighted by atomic mass is 32.1. The Morgan fingerprint density at radius 1 is 1.06 bits per heavy atom. The molecule has 0 spiro atoms. The molecule has 0 fully saturated rings. The molecule has 0 aliphatic rings. The largest absolute Gasteiger partial charge is 0.324 e. The molecule has 2 aromatic rings. The maximum Gasteiger partial charge on any atom is 0.170 e. The Morgan fingerprint density at radius 3 is 2.06 bits per heavy atom. The number of nitrogens with two attached hydrogens (primary N) is 1. The summed E-state index contributed by atoms with van der Waals surface area (Å²) in [4.78, 5) is 0.782. The van der Waals surface area contributed by atoms with Gasteiger partial charge in [0.25, 0.3) is 0 Å². The van der Waals surface area contributed by atoms with Crippen LogP contribution in [-0.2, 0) is 0 Å². The van der Waals surface area contributed by atoms with Gasteiger partial charge in [-0.2, -0.15) is 0 Å². The van der Waals surface area contributed by atoms with Crippen molar-refractivity contribution < 1.29 is 17.6 Å². The lowest BCUT2D eigenvalue weighted by atomic mass is 10.1. The molecule has 1 atom stereocenters. The van der Waals surface area contributed by atoms with E-state index in [4.69, 9.17) is 5.73 Å². The topological polar surface area (TPSA) is 26.0 Å². The Morgan fingerprint density at radius 2 is 1.61 bits per heavy atom. The van der Waals surface area contributed by atoms with Gasteiger partial charge in [-0.3, -0.25) is 0 Å². The first-order valence-electron chi connectivity index (χ1n) is 5.10. The number of hydrogen-bond donors (Lipinski definition) is 1. The van der Waals surface area contributed by atoms with Gasteiger partial charge < -0.3 is 5.73 Å².